The van der Waals surface area contributed by atoms with E-state index in [0.717, 1.165) is 37.9 Å². The number of aryl methyl sites for hydroxylation is 1. The fourth-order valence-electron chi connectivity index (χ4n) is 2.29. The molecule has 1 rings (SSSR count). The van der Waals surface area contributed by atoms with Gasteiger partial charge < -0.3 is 5.32 Å². The summed E-state index contributed by atoms with van der Waals surface area (Å²) in [5.74, 6) is 0. The molecule has 0 amide bonds. The predicted molar refractivity (Wildman–Crippen MR) is 87.9 cm³/mol. The van der Waals surface area contributed by atoms with Gasteiger partial charge in [-0.15, -0.1) is 0 Å². The van der Waals surface area contributed by atoms with E-state index in [1.165, 1.54) is 9.87 Å². The molecule has 1 N–H and O–H groups in total. The van der Waals surface area contributed by atoms with Crippen LogP contribution in [-0.4, -0.2) is 32.9 Å². The summed E-state index contributed by atoms with van der Waals surface area (Å²) < 4.78 is 26.4. The van der Waals surface area contributed by atoms with Crippen LogP contribution in [0.2, 0.25) is 0 Å². The van der Waals surface area contributed by atoms with Crippen molar-refractivity contribution in [3.8, 4) is 0 Å². The molecule has 0 radical (unpaired) electrons. The van der Waals surface area contributed by atoms with Crippen LogP contribution in [0.4, 0.5) is 0 Å². The molecule has 0 aliphatic carbocycles. The number of benzene rings is 1. The molecule has 0 fully saturated rings. The maximum atomic E-state index is 12.5. The predicted octanol–water partition coefficient (Wildman–Crippen LogP) is 2.78. The van der Waals surface area contributed by atoms with Crippen molar-refractivity contribution in [2.24, 2.45) is 0 Å². The Morgan fingerprint density at radius 2 is 1.81 bits per heavy atom. The number of hydrogen-bond acceptors (Lipinski definition) is 3. The van der Waals surface area contributed by atoms with Crippen LogP contribution < -0.4 is 5.32 Å². The third kappa shape index (κ3) is 4.80. The normalized spacial score (nSPS) is 12.0. The SMILES string of the molecule is CCCNCc1cc(S(=O)(=O)N(C)CCC)ccc1CC. The zero-order valence-electron chi connectivity index (χ0n) is 13.6. The van der Waals surface area contributed by atoms with Gasteiger partial charge in [0.15, 0.2) is 0 Å². The maximum absolute atomic E-state index is 12.5. The van der Waals surface area contributed by atoms with Crippen molar-refractivity contribution in [2.75, 3.05) is 20.1 Å². The van der Waals surface area contributed by atoms with Crippen molar-refractivity contribution in [2.45, 2.75) is 51.5 Å². The molecule has 0 aromatic heterocycles. The standard InChI is InChI=1S/C16H28N2O2S/c1-5-10-17-13-15-12-16(9-8-14(15)7-3)21(19,20)18(4)11-6-2/h8-9,12,17H,5-7,10-11,13H2,1-4H3. The third-order valence-corrected chi connectivity index (χ3v) is 5.40. The lowest BCUT2D eigenvalue weighted by atomic mass is 10.1. The van der Waals surface area contributed by atoms with Gasteiger partial charge in [-0.3, -0.25) is 0 Å². The van der Waals surface area contributed by atoms with E-state index in [9.17, 15) is 8.42 Å². The van der Waals surface area contributed by atoms with E-state index < -0.39 is 10.0 Å². The summed E-state index contributed by atoms with van der Waals surface area (Å²) in [6, 6.07) is 5.49. The summed E-state index contributed by atoms with van der Waals surface area (Å²) in [5.41, 5.74) is 2.28. The van der Waals surface area contributed by atoms with Gasteiger partial charge in [0, 0.05) is 20.1 Å². The Labute approximate surface area is 129 Å². The van der Waals surface area contributed by atoms with Crippen molar-refractivity contribution in [3.63, 3.8) is 0 Å². The van der Waals surface area contributed by atoms with Gasteiger partial charge in [0.05, 0.1) is 4.90 Å². The average Bonchev–Trinajstić information content (AvgIpc) is 2.47. The molecule has 1 aromatic rings. The molecule has 0 saturated heterocycles. The average molecular weight is 312 g/mol. The highest BCUT2D eigenvalue weighted by atomic mass is 32.2. The van der Waals surface area contributed by atoms with Gasteiger partial charge in [0.2, 0.25) is 10.0 Å². The number of nitrogens with one attached hydrogen (secondary N) is 1. The van der Waals surface area contributed by atoms with Gasteiger partial charge in [-0.25, -0.2) is 12.7 Å². The molecule has 0 aliphatic rings. The topological polar surface area (TPSA) is 49.4 Å². The first-order chi connectivity index (χ1) is 9.97. The summed E-state index contributed by atoms with van der Waals surface area (Å²) in [7, 11) is -1.73. The van der Waals surface area contributed by atoms with E-state index in [4.69, 9.17) is 0 Å². The second-order valence-electron chi connectivity index (χ2n) is 5.29. The number of nitrogens with zero attached hydrogens (tertiary/aromatic N) is 1. The Hall–Kier alpha value is -0.910. The van der Waals surface area contributed by atoms with Crippen molar-refractivity contribution < 1.29 is 8.42 Å². The Kier molecular flexibility index (Phi) is 7.35. The molecular weight excluding hydrogens is 284 g/mol. The second-order valence-corrected chi connectivity index (χ2v) is 7.33. The van der Waals surface area contributed by atoms with Crippen LogP contribution in [0.5, 0.6) is 0 Å². The highest BCUT2D eigenvalue weighted by molar-refractivity contribution is 7.89. The van der Waals surface area contributed by atoms with Crippen LogP contribution in [0.1, 0.15) is 44.7 Å². The van der Waals surface area contributed by atoms with Crippen molar-refractivity contribution in [1.82, 2.24) is 9.62 Å². The Morgan fingerprint density at radius 3 is 2.38 bits per heavy atom. The van der Waals surface area contributed by atoms with E-state index in [1.807, 2.05) is 19.1 Å². The molecule has 0 spiro atoms. The lowest BCUT2D eigenvalue weighted by Gasteiger charge is -2.18. The molecular formula is C16H28N2O2S. The molecule has 0 heterocycles. The lowest BCUT2D eigenvalue weighted by molar-refractivity contribution is 0.468. The van der Waals surface area contributed by atoms with E-state index in [2.05, 4.69) is 19.2 Å². The van der Waals surface area contributed by atoms with E-state index >= 15 is 0 Å². The zero-order valence-corrected chi connectivity index (χ0v) is 14.5. The minimum Gasteiger partial charge on any atom is -0.313 e. The molecule has 0 aliphatic heterocycles. The van der Waals surface area contributed by atoms with Gasteiger partial charge >= 0.3 is 0 Å². The summed E-state index contributed by atoms with van der Waals surface area (Å²) in [4.78, 5) is 0.393. The molecule has 0 unspecified atom stereocenters. The molecule has 0 atom stereocenters. The summed E-state index contributed by atoms with van der Waals surface area (Å²) in [6.45, 7) is 8.39. The van der Waals surface area contributed by atoms with Gasteiger partial charge in [-0.05, 0) is 49.1 Å². The minimum atomic E-state index is -3.37. The number of sulfonamides is 1. The molecule has 1 aromatic carbocycles. The first kappa shape index (κ1) is 18.1. The molecule has 120 valence electrons. The molecule has 4 nitrogen and oxygen atoms in total. The second kappa shape index (κ2) is 8.51. The van der Waals surface area contributed by atoms with Gasteiger partial charge in [0.25, 0.3) is 0 Å². The third-order valence-electron chi connectivity index (χ3n) is 3.55. The molecule has 21 heavy (non-hydrogen) atoms. The van der Waals surface area contributed by atoms with Crippen molar-refractivity contribution in [1.29, 1.82) is 0 Å². The van der Waals surface area contributed by atoms with Gasteiger partial charge in [-0.1, -0.05) is 26.8 Å². The van der Waals surface area contributed by atoms with Crippen molar-refractivity contribution in [3.05, 3.63) is 29.3 Å². The van der Waals surface area contributed by atoms with Crippen LogP contribution in [-0.2, 0) is 23.0 Å². The van der Waals surface area contributed by atoms with E-state index in [-0.39, 0.29) is 0 Å². The Balaban J connectivity index is 3.06. The fourth-order valence-corrected chi connectivity index (χ4v) is 3.60. The van der Waals surface area contributed by atoms with Gasteiger partial charge in [-0.2, -0.15) is 0 Å². The highest BCUT2D eigenvalue weighted by Gasteiger charge is 2.20. The summed E-state index contributed by atoms with van der Waals surface area (Å²) >= 11 is 0. The maximum Gasteiger partial charge on any atom is 0.242 e. The van der Waals surface area contributed by atoms with Crippen molar-refractivity contribution >= 4 is 10.0 Å². The smallest absolute Gasteiger partial charge is 0.242 e. The summed E-state index contributed by atoms with van der Waals surface area (Å²) in [5, 5.41) is 3.35. The highest BCUT2D eigenvalue weighted by Crippen LogP contribution is 2.20. The van der Waals surface area contributed by atoms with Crippen LogP contribution in [0, 0.1) is 0 Å². The fraction of sp³-hybridized carbons (Fsp3) is 0.625. The van der Waals surface area contributed by atoms with Crippen LogP contribution in [0.15, 0.2) is 23.1 Å². The molecule has 0 saturated carbocycles. The van der Waals surface area contributed by atoms with E-state index in [0.29, 0.717) is 11.4 Å². The largest absolute Gasteiger partial charge is 0.313 e. The number of rotatable bonds is 9. The molecule has 0 bridgehead atoms. The minimum absolute atomic E-state index is 0.393. The monoisotopic (exact) mass is 312 g/mol. The quantitative estimate of drug-likeness (QED) is 0.713. The summed E-state index contributed by atoms with van der Waals surface area (Å²) in [6.07, 6.45) is 2.79. The van der Waals surface area contributed by atoms with E-state index in [1.54, 1.807) is 13.1 Å². The van der Waals surface area contributed by atoms with Crippen LogP contribution >= 0.6 is 0 Å². The van der Waals surface area contributed by atoms with Gasteiger partial charge in [0.1, 0.15) is 0 Å². The Morgan fingerprint density at radius 1 is 1.10 bits per heavy atom. The Bertz CT molecular complexity index is 541. The van der Waals surface area contributed by atoms with Crippen LogP contribution in [0.25, 0.3) is 0 Å². The van der Waals surface area contributed by atoms with Crippen LogP contribution in [0.3, 0.4) is 0 Å². The molecule has 5 heteroatoms. The first-order valence-electron chi connectivity index (χ1n) is 7.76. The first-order valence-corrected chi connectivity index (χ1v) is 9.20. The lowest BCUT2D eigenvalue weighted by Crippen LogP contribution is -2.28. The zero-order chi connectivity index (χ0) is 15.9. The number of hydrogen-bond donors (Lipinski definition) is 1.